The van der Waals surface area contributed by atoms with Crippen LogP contribution < -0.4 is 0 Å². The van der Waals surface area contributed by atoms with Crippen LogP contribution in [0, 0.1) is 0 Å². The first kappa shape index (κ1) is 15.0. The maximum absolute atomic E-state index is 11.6. The van der Waals surface area contributed by atoms with E-state index in [1.165, 1.54) is 5.56 Å². The number of hydrogen-bond donors (Lipinski definition) is 0. The molecule has 1 aromatic carbocycles. The Morgan fingerprint density at radius 3 is 2.63 bits per heavy atom. The van der Waals surface area contributed by atoms with E-state index in [0.29, 0.717) is 12.6 Å². The monoisotopic (exact) mass is 345 g/mol. The second-order valence-electron chi connectivity index (χ2n) is 4.98. The average molecular weight is 346 g/mol. The summed E-state index contributed by atoms with van der Waals surface area (Å²) in [6, 6.07) is 8.73. The molecule has 1 fully saturated rings. The van der Waals surface area contributed by atoms with E-state index in [2.05, 4.69) is 45.1 Å². The molecule has 1 aliphatic rings. The van der Waals surface area contributed by atoms with Crippen LogP contribution in [0.3, 0.4) is 0 Å². The van der Waals surface area contributed by atoms with Crippen LogP contribution in [0.5, 0.6) is 0 Å². The van der Waals surface area contributed by atoms with Gasteiger partial charge in [0.15, 0.2) is 9.84 Å². The van der Waals surface area contributed by atoms with E-state index in [1.54, 1.807) is 6.92 Å². The predicted octanol–water partition coefficient (Wildman–Crippen LogP) is 3.02. The van der Waals surface area contributed by atoms with Gasteiger partial charge in [-0.15, -0.1) is 0 Å². The maximum atomic E-state index is 11.6. The highest BCUT2D eigenvalue weighted by molar-refractivity contribution is 9.10. The molecule has 1 saturated heterocycles. The minimum Gasteiger partial charge on any atom is -0.295 e. The van der Waals surface area contributed by atoms with Crippen molar-refractivity contribution in [2.75, 3.05) is 24.6 Å². The number of sulfone groups is 1. The van der Waals surface area contributed by atoms with E-state index < -0.39 is 9.84 Å². The Morgan fingerprint density at radius 2 is 2.00 bits per heavy atom. The minimum atomic E-state index is -2.87. The molecule has 0 aliphatic carbocycles. The molecule has 1 atom stereocenters. The second kappa shape index (κ2) is 6.37. The lowest BCUT2D eigenvalue weighted by Gasteiger charge is -2.24. The summed E-state index contributed by atoms with van der Waals surface area (Å²) in [4.78, 5) is 2.30. The first-order valence-corrected chi connectivity index (χ1v) is 9.33. The number of benzene rings is 1. The fourth-order valence-electron chi connectivity index (χ4n) is 2.56. The molecular formula is C14H20BrNO2S. The molecule has 0 spiro atoms. The zero-order chi connectivity index (χ0) is 13.9. The lowest BCUT2D eigenvalue weighted by atomic mass is 10.1. The molecule has 0 unspecified atom stereocenters. The van der Waals surface area contributed by atoms with Crippen molar-refractivity contribution < 1.29 is 8.42 Å². The van der Waals surface area contributed by atoms with E-state index in [-0.39, 0.29) is 11.5 Å². The van der Waals surface area contributed by atoms with Crippen LogP contribution in [-0.2, 0) is 9.84 Å². The molecule has 1 heterocycles. The Hall–Kier alpha value is -0.390. The Kier molecular flexibility index (Phi) is 5.03. The highest BCUT2D eigenvalue weighted by Crippen LogP contribution is 2.32. The van der Waals surface area contributed by atoms with Gasteiger partial charge in [0.2, 0.25) is 0 Å². The lowest BCUT2D eigenvalue weighted by molar-refractivity contribution is 0.272. The maximum Gasteiger partial charge on any atom is 0.151 e. The molecule has 3 nitrogen and oxygen atoms in total. The largest absolute Gasteiger partial charge is 0.295 e. The van der Waals surface area contributed by atoms with Gasteiger partial charge in [-0.2, -0.15) is 0 Å². The van der Waals surface area contributed by atoms with Gasteiger partial charge < -0.3 is 0 Å². The lowest BCUT2D eigenvalue weighted by Crippen LogP contribution is -2.29. The minimum absolute atomic E-state index is 0.240. The molecule has 1 aromatic rings. The topological polar surface area (TPSA) is 37.4 Å². The molecule has 19 heavy (non-hydrogen) atoms. The third-order valence-electron chi connectivity index (χ3n) is 3.75. The molecule has 0 bridgehead atoms. The smallest absolute Gasteiger partial charge is 0.151 e. The number of likely N-dealkylation sites (tertiary alicyclic amines) is 1. The van der Waals surface area contributed by atoms with Crippen molar-refractivity contribution in [3.8, 4) is 0 Å². The number of halogens is 1. The summed E-state index contributed by atoms with van der Waals surface area (Å²) in [6.07, 6.45) is 2.26. The SMILES string of the molecule is CCS(=O)(=O)CCN1CCC[C@@H]1c1ccc(Br)cc1. The van der Waals surface area contributed by atoms with Crippen molar-refractivity contribution in [1.29, 1.82) is 0 Å². The molecule has 0 radical (unpaired) electrons. The van der Waals surface area contributed by atoms with Crippen LogP contribution in [0.25, 0.3) is 0 Å². The summed E-state index contributed by atoms with van der Waals surface area (Å²) in [5, 5.41) is 0. The standard InChI is InChI=1S/C14H20BrNO2S/c1-2-19(17,18)11-10-16-9-3-4-14(16)12-5-7-13(15)8-6-12/h5-8,14H,2-4,9-11H2,1H3/t14-/m1/s1. The van der Waals surface area contributed by atoms with E-state index in [1.807, 2.05) is 0 Å². The molecule has 0 amide bonds. The molecule has 0 saturated carbocycles. The molecule has 106 valence electrons. The zero-order valence-electron chi connectivity index (χ0n) is 11.2. The van der Waals surface area contributed by atoms with Crippen molar-refractivity contribution >= 4 is 25.8 Å². The molecular weight excluding hydrogens is 326 g/mol. The third kappa shape index (κ3) is 4.04. The van der Waals surface area contributed by atoms with Gasteiger partial charge >= 0.3 is 0 Å². The zero-order valence-corrected chi connectivity index (χ0v) is 13.6. The van der Waals surface area contributed by atoms with E-state index >= 15 is 0 Å². The summed E-state index contributed by atoms with van der Waals surface area (Å²) >= 11 is 3.44. The van der Waals surface area contributed by atoms with Gasteiger partial charge in [0.25, 0.3) is 0 Å². The van der Waals surface area contributed by atoms with Gasteiger partial charge in [0.05, 0.1) is 5.75 Å². The van der Waals surface area contributed by atoms with Crippen LogP contribution in [0.1, 0.15) is 31.4 Å². The van der Waals surface area contributed by atoms with Crippen LogP contribution in [0.15, 0.2) is 28.7 Å². The van der Waals surface area contributed by atoms with Gasteiger partial charge in [-0.25, -0.2) is 8.42 Å². The molecule has 0 aromatic heterocycles. The summed E-state index contributed by atoms with van der Waals surface area (Å²) < 4.78 is 24.3. The quantitative estimate of drug-likeness (QED) is 0.823. The second-order valence-corrected chi connectivity index (χ2v) is 8.37. The summed E-state index contributed by atoms with van der Waals surface area (Å²) in [7, 11) is -2.87. The van der Waals surface area contributed by atoms with Crippen molar-refractivity contribution in [3.63, 3.8) is 0 Å². The van der Waals surface area contributed by atoms with E-state index in [0.717, 1.165) is 23.9 Å². The van der Waals surface area contributed by atoms with E-state index in [9.17, 15) is 8.42 Å². The van der Waals surface area contributed by atoms with Crippen molar-refractivity contribution in [2.24, 2.45) is 0 Å². The van der Waals surface area contributed by atoms with Gasteiger partial charge in [0.1, 0.15) is 0 Å². The number of nitrogens with zero attached hydrogens (tertiary/aromatic N) is 1. The van der Waals surface area contributed by atoms with Gasteiger partial charge in [-0.3, -0.25) is 4.90 Å². The van der Waals surface area contributed by atoms with Crippen molar-refractivity contribution in [1.82, 2.24) is 4.90 Å². The Morgan fingerprint density at radius 1 is 1.32 bits per heavy atom. The van der Waals surface area contributed by atoms with Crippen molar-refractivity contribution in [3.05, 3.63) is 34.3 Å². The Labute approximate surface area is 124 Å². The number of rotatable bonds is 5. The summed E-state index contributed by atoms with van der Waals surface area (Å²) in [5.74, 6) is 0.514. The highest BCUT2D eigenvalue weighted by atomic mass is 79.9. The highest BCUT2D eigenvalue weighted by Gasteiger charge is 2.26. The third-order valence-corrected chi connectivity index (χ3v) is 5.96. The van der Waals surface area contributed by atoms with Crippen LogP contribution >= 0.6 is 15.9 Å². The van der Waals surface area contributed by atoms with Gasteiger partial charge in [0, 0.05) is 22.8 Å². The Bertz CT molecular complexity index is 513. The summed E-state index contributed by atoms with van der Waals surface area (Å²) in [6.45, 7) is 3.36. The molecule has 0 N–H and O–H groups in total. The molecule has 1 aliphatic heterocycles. The Balaban J connectivity index is 2.03. The fourth-order valence-corrected chi connectivity index (χ4v) is 3.62. The predicted molar refractivity (Wildman–Crippen MR) is 82.0 cm³/mol. The summed E-state index contributed by atoms with van der Waals surface area (Å²) in [5.41, 5.74) is 1.29. The normalized spacial score (nSPS) is 20.8. The molecule has 5 heteroatoms. The first-order chi connectivity index (χ1) is 9.02. The average Bonchev–Trinajstić information content (AvgIpc) is 2.86. The van der Waals surface area contributed by atoms with Crippen LogP contribution in [0.2, 0.25) is 0 Å². The van der Waals surface area contributed by atoms with Gasteiger partial charge in [-0.05, 0) is 37.1 Å². The van der Waals surface area contributed by atoms with E-state index in [4.69, 9.17) is 0 Å². The van der Waals surface area contributed by atoms with Crippen molar-refractivity contribution in [2.45, 2.75) is 25.8 Å². The molecule has 2 rings (SSSR count). The first-order valence-electron chi connectivity index (χ1n) is 6.72. The number of hydrogen-bond acceptors (Lipinski definition) is 3. The van der Waals surface area contributed by atoms with Crippen LogP contribution in [-0.4, -0.2) is 37.9 Å². The fraction of sp³-hybridized carbons (Fsp3) is 0.571. The van der Waals surface area contributed by atoms with Crippen LogP contribution in [0.4, 0.5) is 0 Å². The van der Waals surface area contributed by atoms with Gasteiger partial charge in [-0.1, -0.05) is 35.0 Å².